The van der Waals surface area contributed by atoms with Crippen LogP contribution in [-0.4, -0.2) is 13.1 Å². The van der Waals surface area contributed by atoms with E-state index in [2.05, 4.69) is 71.3 Å². The summed E-state index contributed by atoms with van der Waals surface area (Å²) >= 11 is 6.57. The molecule has 0 fully saturated rings. The standard InChI is InChI=1S/C24H25ClN2.C2H6/c25-23-12-11-20-13-15-26-14-5-10-22(20)24(23)27-17-18-6-4-9-21(16-18)19-7-2-1-3-8-19;1-2/h1-4,6-9,11-12,16,26-27H,5,10,13-15,17H2;1-2H3. The van der Waals surface area contributed by atoms with Gasteiger partial charge in [-0.3, -0.25) is 0 Å². The summed E-state index contributed by atoms with van der Waals surface area (Å²) < 4.78 is 0. The van der Waals surface area contributed by atoms with Gasteiger partial charge in [-0.15, -0.1) is 0 Å². The summed E-state index contributed by atoms with van der Waals surface area (Å²) in [6, 6.07) is 23.4. The molecule has 152 valence electrons. The van der Waals surface area contributed by atoms with Gasteiger partial charge in [0, 0.05) is 6.54 Å². The Kier molecular flexibility index (Phi) is 8.15. The Bertz CT molecular complexity index is 906. The van der Waals surface area contributed by atoms with E-state index in [1.807, 2.05) is 19.9 Å². The van der Waals surface area contributed by atoms with Gasteiger partial charge in [-0.25, -0.2) is 0 Å². The maximum Gasteiger partial charge on any atom is 0.0640 e. The summed E-state index contributed by atoms with van der Waals surface area (Å²) in [6.45, 7) is 6.88. The lowest BCUT2D eigenvalue weighted by molar-refractivity contribution is 0.626. The molecule has 2 nitrogen and oxygen atoms in total. The van der Waals surface area contributed by atoms with Crippen molar-refractivity contribution >= 4 is 17.3 Å². The number of rotatable bonds is 4. The van der Waals surface area contributed by atoms with Crippen molar-refractivity contribution in [2.24, 2.45) is 0 Å². The van der Waals surface area contributed by atoms with Gasteiger partial charge in [0.2, 0.25) is 0 Å². The predicted octanol–water partition coefficient (Wildman–Crippen LogP) is 6.72. The average Bonchev–Trinajstić information content (AvgIpc) is 2.76. The Balaban J connectivity index is 0.00000117. The van der Waals surface area contributed by atoms with Crippen LogP contribution in [0.15, 0.2) is 66.7 Å². The fraction of sp³-hybridized carbons (Fsp3) is 0.308. The van der Waals surface area contributed by atoms with Crippen molar-refractivity contribution in [2.45, 2.75) is 39.7 Å². The minimum Gasteiger partial charge on any atom is -0.380 e. The zero-order chi connectivity index (χ0) is 20.5. The molecule has 3 heteroatoms. The van der Waals surface area contributed by atoms with E-state index in [0.29, 0.717) is 0 Å². The number of anilines is 1. The van der Waals surface area contributed by atoms with Crippen LogP contribution in [0.5, 0.6) is 0 Å². The summed E-state index contributed by atoms with van der Waals surface area (Å²) in [7, 11) is 0. The molecule has 3 aromatic rings. The molecule has 1 aliphatic rings. The van der Waals surface area contributed by atoms with Crippen molar-refractivity contribution in [1.82, 2.24) is 5.32 Å². The lowest BCUT2D eigenvalue weighted by Gasteiger charge is -2.20. The second-order valence-corrected chi connectivity index (χ2v) is 7.49. The first-order valence-electron chi connectivity index (χ1n) is 10.7. The molecule has 0 aromatic heterocycles. The van der Waals surface area contributed by atoms with Crippen LogP contribution in [0.3, 0.4) is 0 Å². The smallest absolute Gasteiger partial charge is 0.0640 e. The van der Waals surface area contributed by atoms with Crippen LogP contribution >= 0.6 is 11.6 Å². The zero-order valence-electron chi connectivity index (χ0n) is 17.5. The molecule has 0 bridgehead atoms. The van der Waals surface area contributed by atoms with Crippen molar-refractivity contribution < 1.29 is 0 Å². The van der Waals surface area contributed by atoms with Crippen molar-refractivity contribution in [3.8, 4) is 11.1 Å². The Labute approximate surface area is 180 Å². The molecule has 0 spiro atoms. The number of benzene rings is 3. The molecule has 0 radical (unpaired) electrons. The number of hydrogen-bond acceptors (Lipinski definition) is 2. The van der Waals surface area contributed by atoms with Crippen LogP contribution in [0.2, 0.25) is 5.02 Å². The third kappa shape index (κ3) is 5.62. The van der Waals surface area contributed by atoms with Crippen molar-refractivity contribution in [3.63, 3.8) is 0 Å². The molecule has 0 aliphatic carbocycles. The Hall–Kier alpha value is -2.29. The first-order valence-corrected chi connectivity index (χ1v) is 11.1. The second-order valence-electron chi connectivity index (χ2n) is 7.08. The minimum atomic E-state index is 0.773. The van der Waals surface area contributed by atoms with E-state index in [0.717, 1.165) is 49.6 Å². The molecule has 3 aromatic carbocycles. The molecule has 4 rings (SSSR count). The van der Waals surface area contributed by atoms with Gasteiger partial charge in [0.05, 0.1) is 10.7 Å². The van der Waals surface area contributed by atoms with Gasteiger partial charge in [0.1, 0.15) is 0 Å². The molecule has 0 unspecified atom stereocenters. The molecule has 0 atom stereocenters. The van der Waals surface area contributed by atoms with Crippen molar-refractivity contribution in [3.05, 3.63) is 88.4 Å². The molecule has 0 amide bonds. The summed E-state index contributed by atoms with van der Waals surface area (Å²) in [6.07, 6.45) is 3.27. The SMILES string of the molecule is CC.Clc1ccc2c(c1NCc1cccc(-c3ccccc3)c1)CCCNCC2. The first-order chi connectivity index (χ1) is 14.3. The number of hydrogen-bond donors (Lipinski definition) is 2. The van der Waals surface area contributed by atoms with Crippen LogP contribution in [0, 0.1) is 0 Å². The van der Waals surface area contributed by atoms with Crippen LogP contribution in [0.1, 0.15) is 37.0 Å². The number of fused-ring (bicyclic) bond motifs is 1. The highest BCUT2D eigenvalue weighted by molar-refractivity contribution is 6.33. The normalized spacial score (nSPS) is 13.3. The van der Waals surface area contributed by atoms with Gasteiger partial charge in [-0.1, -0.05) is 80.0 Å². The lowest BCUT2D eigenvalue weighted by atomic mass is 9.96. The van der Waals surface area contributed by atoms with E-state index in [1.165, 1.54) is 27.8 Å². The molecular weight excluding hydrogens is 376 g/mol. The third-order valence-corrected chi connectivity index (χ3v) is 5.53. The fourth-order valence-corrected chi connectivity index (χ4v) is 4.04. The Morgan fingerprint density at radius 3 is 2.48 bits per heavy atom. The molecule has 29 heavy (non-hydrogen) atoms. The molecule has 1 aliphatic heterocycles. The van der Waals surface area contributed by atoms with E-state index < -0.39 is 0 Å². The Morgan fingerprint density at radius 1 is 0.862 bits per heavy atom. The van der Waals surface area contributed by atoms with Crippen LogP contribution < -0.4 is 10.6 Å². The van der Waals surface area contributed by atoms with Crippen LogP contribution in [0.25, 0.3) is 11.1 Å². The lowest BCUT2D eigenvalue weighted by Crippen LogP contribution is -2.22. The highest BCUT2D eigenvalue weighted by Gasteiger charge is 2.14. The molecule has 2 N–H and O–H groups in total. The third-order valence-electron chi connectivity index (χ3n) is 5.21. The first kappa shape index (κ1) is 21.4. The molecular formula is C26H31ClN2. The summed E-state index contributed by atoms with van der Waals surface area (Å²) in [4.78, 5) is 0. The van der Waals surface area contributed by atoms with E-state index in [-0.39, 0.29) is 0 Å². The maximum absolute atomic E-state index is 6.57. The zero-order valence-corrected chi connectivity index (χ0v) is 18.2. The predicted molar refractivity (Wildman–Crippen MR) is 127 cm³/mol. The highest BCUT2D eigenvalue weighted by Crippen LogP contribution is 2.32. The highest BCUT2D eigenvalue weighted by atomic mass is 35.5. The second kappa shape index (κ2) is 11.0. The van der Waals surface area contributed by atoms with Gasteiger partial charge >= 0.3 is 0 Å². The quantitative estimate of drug-likeness (QED) is 0.502. The van der Waals surface area contributed by atoms with Gasteiger partial charge in [0.15, 0.2) is 0 Å². The monoisotopic (exact) mass is 406 g/mol. The van der Waals surface area contributed by atoms with E-state index >= 15 is 0 Å². The fourth-order valence-electron chi connectivity index (χ4n) is 3.79. The molecule has 1 heterocycles. The van der Waals surface area contributed by atoms with E-state index in [1.54, 1.807) is 0 Å². The van der Waals surface area contributed by atoms with Gasteiger partial charge in [-0.05, 0) is 72.3 Å². The minimum absolute atomic E-state index is 0.773. The average molecular weight is 407 g/mol. The van der Waals surface area contributed by atoms with Gasteiger partial charge in [0.25, 0.3) is 0 Å². The van der Waals surface area contributed by atoms with Crippen LogP contribution in [0.4, 0.5) is 5.69 Å². The van der Waals surface area contributed by atoms with Gasteiger partial charge < -0.3 is 10.6 Å². The van der Waals surface area contributed by atoms with E-state index in [9.17, 15) is 0 Å². The Morgan fingerprint density at radius 2 is 1.66 bits per heavy atom. The summed E-state index contributed by atoms with van der Waals surface area (Å²) in [5.41, 5.74) is 7.67. The number of halogens is 1. The van der Waals surface area contributed by atoms with Crippen molar-refractivity contribution in [1.29, 1.82) is 0 Å². The summed E-state index contributed by atoms with van der Waals surface area (Å²) in [5.74, 6) is 0. The largest absolute Gasteiger partial charge is 0.380 e. The van der Waals surface area contributed by atoms with Crippen LogP contribution in [-0.2, 0) is 19.4 Å². The van der Waals surface area contributed by atoms with Crippen molar-refractivity contribution in [2.75, 3.05) is 18.4 Å². The maximum atomic E-state index is 6.57. The molecule has 0 saturated heterocycles. The van der Waals surface area contributed by atoms with E-state index in [4.69, 9.17) is 11.6 Å². The molecule has 0 saturated carbocycles. The number of nitrogens with one attached hydrogen (secondary N) is 2. The summed E-state index contributed by atoms with van der Waals surface area (Å²) in [5, 5.41) is 7.94. The van der Waals surface area contributed by atoms with Gasteiger partial charge in [-0.2, -0.15) is 0 Å². The topological polar surface area (TPSA) is 24.1 Å².